The highest BCUT2D eigenvalue weighted by atomic mass is 15.3. The van der Waals surface area contributed by atoms with Crippen LogP contribution >= 0.6 is 0 Å². The van der Waals surface area contributed by atoms with Gasteiger partial charge in [0.1, 0.15) is 0 Å². The van der Waals surface area contributed by atoms with E-state index in [0.29, 0.717) is 0 Å². The van der Waals surface area contributed by atoms with Gasteiger partial charge in [-0.05, 0) is 25.5 Å². The number of para-hydroxylation sites is 1. The molecule has 19 heavy (non-hydrogen) atoms. The zero-order valence-electron chi connectivity index (χ0n) is 11.6. The monoisotopic (exact) mass is 256 g/mol. The molecule has 1 fully saturated rings. The number of benzene rings is 1. The lowest BCUT2D eigenvalue weighted by Crippen LogP contribution is -2.43. The lowest BCUT2D eigenvalue weighted by Gasteiger charge is -2.28. The first-order valence-corrected chi connectivity index (χ1v) is 6.83. The minimum absolute atomic E-state index is 1.05. The Morgan fingerprint density at radius 1 is 1.05 bits per heavy atom. The summed E-state index contributed by atoms with van der Waals surface area (Å²) in [5.74, 6) is 0. The number of rotatable bonds is 2. The molecule has 2 heterocycles. The second-order valence-corrected chi connectivity index (χ2v) is 5.05. The first-order chi connectivity index (χ1) is 9.27. The van der Waals surface area contributed by atoms with Crippen LogP contribution in [0.2, 0.25) is 0 Å². The Balaban J connectivity index is 1.97. The van der Waals surface area contributed by atoms with Crippen LogP contribution in [0.4, 0.5) is 5.69 Å². The molecule has 4 nitrogen and oxygen atoms in total. The van der Waals surface area contributed by atoms with E-state index in [1.54, 1.807) is 0 Å². The number of anilines is 1. The molecule has 0 amide bonds. The van der Waals surface area contributed by atoms with E-state index in [2.05, 4.69) is 53.4 Å². The molecule has 0 atom stereocenters. The number of nitrogens with one attached hydrogen (secondary N) is 1. The minimum atomic E-state index is 1.05. The summed E-state index contributed by atoms with van der Waals surface area (Å²) in [5.41, 5.74) is 4.89. The van der Waals surface area contributed by atoms with E-state index in [-0.39, 0.29) is 0 Å². The van der Waals surface area contributed by atoms with Gasteiger partial charge < -0.3 is 10.2 Å². The molecule has 0 radical (unpaired) electrons. The summed E-state index contributed by atoms with van der Waals surface area (Å²) in [4.78, 5) is 2.41. The van der Waals surface area contributed by atoms with Crippen LogP contribution < -0.4 is 10.2 Å². The molecule has 1 saturated heterocycles. The fraction of sp³-hybridized carbons (Fsp3) is 0.400. The third-order valence-corrected chi connectivity index (χ3v) is 3.79. The molecule has 1 aliphatic heterocycles. The molecule has 0 bridgehead atoms. The number of piperazine rings is 1. The van der Waals surface area contributed by atoms with Gasteiger partial charge in [0, 0.05) is 26.2 Å². The zero-order chi connectivity index (χ0) is 13.2. The average molecular weight is 256 g/mol. The molecule has 0 aliphatic carbocycles. The minimum Gasteiger partial charge on any atom is -0.366 e. The summed E-state index contributed by atoms with van der Waals surface area (Å²) in [6, 6.07) is 8.38. The van der Waals surface area contributed by atoms with Crippen LogP contribution in [0.5, 0.6) is 0 Å². The van der Waals surface area contributed by atoms with Crippen LogP contribution in [0.1, 0.15) is 11.3 Å². The van der Waals surface area contributed by atoms with Gasteiger partial charge in [0.05, 0.1) is 23.3 Å². The fourth-order valence-electron chi connectivity index (χ4n) is 2.66. The Morgan fingerprint density at radius 3 is 2.53 bits per heavy atom. The van der Waals surface area contributed by atoms with Crippen molar-refractivity contribution in [2.75, 3.05) is 31.1 Å². The highest BCUT2D eigenvalue weighted by molar-refractivity contribution is 5.53. The van der Waals surface area contributed by atoms with Crippen molar-refractivity contribution in [3.8, 4) is 5.69 Å². The summed E-state index contributed by atoms with van der Waals surface area (Å²) in [5, 5.41) is 7.96. The van der Waals surface area contributed by atoms with E-state index in [4.69, 9.17) is 0 Å². The third-order valence-electron chi connectivity index (χ3n) is 3.79. The van der Waals surface area contributed by atoms with Crippen molar-refractivity contribution < 1.29 is 0 Å². The van der Waals surface area contributed by atoms with Crippen molar-refractivity contribution in [3.05, 3.63) is 41.7 Å². The molecule has 2 aromatic rings. The highest BCUT2D eigenvalue weighted by Gasteiger charge is 2.17. The van der Waals surface area contributed by atoms with E-state index in [0.717, 1.165) is 26.2 Å². The van der Waals surface area contributed by atoms with Gasteiger partial charge in [0.25, 0.3) is 0 Å². The molecule has 0 spiro atoms. The second kappa shape index (κ2) is 5.05. The van der Waals surface area contributed by atoms with Gasteiger partial charge in [-0.2, -0.15) is 5.10 Å². The third kappa shape index (κ3) is 2.24. The van der Waals surface area contributed by atoms with Gasteiger partial charge in [0.2, 0.25) is 0 Å². The number of aromatic nitrogens is 2. The molecule has 3 rings (SSSR count). The van der Waals surface area contributed by atoms with Crippen molar-refractivity contribution in [2.45, 2.75) is 13.8 Å². The van der Waals surface area contributed by atoms with E-state index < -0.39 is 0 Å². The maximum atomic E-state index is 4.58. The van der Waals surface area contributed by atoms with Gasteiger partial charge in [-0.1, -0.05) is 18.2 Å². The smallest absolute Gasteiger partial charge is 0.0787 e. The fourth-order valence-corrected chi connectivity index (χ4v) is 2.66. The Kier molecular flexibility index (Phi) is 3.25. The van der Waals surface area contributed by atoms with Gasteiger partial charge in [-0.3, -0.25) is 0 Å². The van der Waals surface area contributed by atoms with Crippen molar-refractivity contribution in [1.82, 2.24) is 15.1 Å². The lowest BCUT2D eigenvalue weighted by atomic mass is 10.2. The predicted molar refractivity (Wildman–Crippen MR) is 78.1 cm³/mol. The maximum Gasteiger partial charge on any atom is 0.0787 e. The number of nitrogens with zero attached hydrogens (tertiary/aromatic N) is 3. The summed E-state index contributed by atoms with van der Waals surface area (Å²) in [6.07, 6.45) is 1.99. The molecule has 4 heteroatoms. The number of hydrogen-bond donors (Lipinski definition) is 1. The number of hydrogen-bond acceptors (Lipinski definition) is 3. The van der Waals surface area contributed by atoms with Crippen molar-refractivity contribution in [2.24, 2.45) is 0 Å². The van der Waals surface area contributed by atoms with E-state index in [1.165, 1.54) is 22.6 Å². The SMILES string of the molecule is Cc1ccccc1-n1ncc(N2CCNCC2)c1C. The molecule has 0 unspecified atom stereocenters. The normalized spacial score (nSPS) is 15.8. The summed E-state index contributed by atoms with van der Waals surface area (Å²) in [6.45, 7) is 8.49. The molecule has 1 N–H and O–H groups in total. The van der Waals surface area contributed by atoms with Gasteiger partial charge in [-0.15, -0.1) is 0 Å². The first kappa shape index (κ1) is 12.2. The molecular formula is C15H20N4. The largest absolute Gasteiger partial charge is 0.366 e. The van der Waals surface area contributed by atoms with Crippen LogP contribution in [0, 0.1) is 13.8 Å². The topological polar surface area (TPSA) is 33.1 Å². The standard InChI is InChI=1S/C15H20N4/c1-12-5-3-4-6-14(12)19-13(2)15(11-17-19)18-9-7-16-8-10-18/h3-6,11,16H,7-10H2,1-2H3. The quantitative estimate of drug-likeness (QED) is 0.891. The van der Waals surface area contributed by atoms with Crippen molar-refractivity contribution in [3.63, 3.8) is 0 Å². The Labute approximate surface area is 114 Å². The highest BCUT2D eigenvalue weighted by Crippen LogP contribution is 2.24. The first-order valence-electron chi connectivity index (χ1n) is 6.83. The maximum absolute atomic E-state index is 4.58. The summed E-state index contributed by atoms with van der Waals surface area (Å²) in [7, 11) is 0. The summed E-state index contributed by atoms with van der Waals surface area (Å²) < 4.78 is 2.05. The average Bonchev–Trinajstić information content (AvgIpc) is 2.82. The van der Waals surface area contributed by atoms with E-state index >= 15 is 0 Å². The van der Waals surface area contributed by atoms with Crippen LogP contribution in [-0.4, -0.2) is 36.0 Å². The Hall–Kier alpha value is -1.81. The van der Waals surface area contributed by atoms with Crippen LogP contribution in [-0.2, 0) is 0 Å². The van der Waals surface area contributed by atoms with Crippen LogP contribution in [0.3, 0.4) is 0 Å². The van der Waals surface area contributed by atoms with Crippen LogP contribution in [0.25, 0.3) is 5.69 Å². The van der Waals surface area contributed by atoms with Gasteiger partial charge in [-0.25, -0.2) is 4.68 Å². The van der Waals surface area contributed by atoms with E-state index in [1.807, 2.05) is 10.9 Å². The molecule has 0 saturated carbocycles. The van der Waals surface area contributed by atoms with Gasteiger partial charge >= 0.3 is 0 Å². The van der Waals surface area contributed by atoms with Crippen molar-refractivity contribution >= 4 is 5.69 Å². The molecule has 1 aliphatic rings. The number of aryl methyl sites for hydroxylation is 1. The Morgan fingerprint density at radius 2 is 1.79 bits per heavy atom. The lowest BCUT2D eigenvalue weighted by molar-refractivity contribution is 0.588. The molecular weight excluding hydrogens is 236 g/mol. The van der Waals surface area contributed by atoms with E-state index in [9.17, 15) is 0 Å². The summed E-state index contributed by atoms with van der Waals surface area (Å²) >= 11 is 0. The molecule has 100 valence electrons. The Bertz CT molecular complexity index is 567. The predicted octanol–water partition coefficient (Wildman–Crippen LogP) is 1.90. The molecule has 1 aromatic heterocycles. The van der Waals surface area contributed by atoms with Crippen LogP contribution in [0.15, 0.2) is 30.5 Å². The van der Waals surface area contributed by atoms with Crippen molar-refractivity contribution in [1.29, 1.82) is 0 Å². The second-order valence-electron chi connectivity index (χ2n) is 5.05. The van der Waals surface area contributed by atoms with Gasteiger partial charge in [0.15, 0.2) is 0 Å². The molecule has 1 aromatic carbocycles. The zero-order valence-corrected chi connectivity index (χ0v) is 11.6.